The fourth-order valence-corrected chi connectivity index (χ4v) is 3.15. The summed E-state index contributed by atoms with van der Waals surface area (Å²) in [6, 6.07) is 20.3. The highest BCUT2D eigenvalue weighted by Crippen LogP contribution is 2.24. The topological polar surface area (TPSA) is 0 Å². The molecule has 3 aromatic rings. The molecule has 0 fully saturated rings. The predicted molar refractivity (Wildman–Crippen MR) is 92.0 cm³/mol. The van der Waals surface area contributed by atoms with E-state index in [0.29, 0.717) is 0 Å². The monoisotopic (exact) mass is 274 g/mol. The minimum absolute atomic E-state index is 1.01. The number of aryl methyl sites for hydroxylation is 3. The molecule has 21 heavy (non-hydrogen) atoms. The van der Waals surface area contributed by atoms with Gasteiger partial charge in [-0.1, -0.05) is 72.6 Å². The van der Waals surface area contributed by atoms with Crippen LogP contribution in [0.2, 0.25) is 0 Å². The molecule has 0 saturated heterocycles. The van der Waals surface area contributed by atoms with E-state index in [1.165, 1.54) is 38.6 Å². The van der Waals surface area contributed by atoms with Crippen molar-refractivity contribution in [3.8, 4) is 0 Å². The maximum Gasteiger partial charge on any atom is -0.00194 e. The van der Waals surface area contributed by atoms with Gasteiger partial charge in [0.25, 0.3) is 0 Å². The van der Waals surface area contributed by atoms with Gasteiger partial charge < -0.3 is 0 Å². The second kappa shape index (κ2) is 5.73. The molecule has 0 bridgehead atoms. The molecule has 0 nitrogen and oxygen atoms in total. The van der Waals surface area contributed by atoms with Crippen LogP contribution < -0.4 is 0 Å². The van der Waals surface area contributed by atoms with Crippen LogP contribution >= 0.6 is 0 Å². The highest BCUT2D eigenvalue weighted by atomic mass is 14.1. The van der Waals surface area contributed by atoms with Crippen LogP contribution in [0.25, 0.3) is 10.8 Å². The van der Waals surface area contributed by atoms with Crippen molar-refractivity contribution < 1.29 is 0 Å². The van der Waals surface area contributed by atoms with Gasteiger partial charge in [-0.05, 0) is 54.2 Å². The van der Waals surface area contributed by atoms with Crippen LogP contribution in [0.1, 0.15) is 34.7 Å². The average Bonchev–Trinajstić information content (AvgIpc) is 2.46. The number of hydrogen-bond acceptors (Lipinski definition) is 0. The van der Waals surface area contributed by atoms with Crippen molar-refractivity contribution >= 4 is 10.8 Å². The fourth-order valence-electron chi connectivity index (χ4n) is 3.15. The Hall–Kier alpha value is -2.08. The van der Waals surface area contributed by atoms with Gasteiger partial charge in [-0.25, -0.2) is 0 Å². The highest BCUT2D eigenvalue weighted by Gasteiger charge is 2.04. The Balaban J connectivity index is 2.07. The lowest BCUT2D eigenvalue weighted by molar-refractivity contribution is 1.14. The highest BCUT2D eigenvalue weighted by molar-refractivity contribution is 5.86. The lowest BCUT2D eigenvalue weighted by atomic mass is 9.95. The minimum Gasteiger partial charge on any atom is -0.0613 e. The van der Waals surface area contributed by atoms with Crippen molar-refractivity contribution in [1.82, 2.24) is 0 Å². The van der Waals surface area contributed by atoms with Gasteiger partial charge >= 0.3 is 0 Å². The van der Waals surface area contributed by atoms with E-state index >= 15 is 0 Å². The molecule has 0 radical (unpaired) electrons. The quantitative estimate of drug-likeness (QED) is 0.582. The Morgan fingerprint density at radius 3 is 2.24 bits per heavy atom. The van der Waals surface area contributed by atoms with E-state index < -0.39 is 0 Å². The minimum atomic E-state index is 1.01. The molecular formula is C21H22. The van der Waals surface area contributed by atoms with Crippen LogP contribution in [0, 0.1) is 13.8 Å². The first kappa shape index (κ1) is 13.9. The summed E-state index contributed by atoms with van der Waals surface area (Å²) in [5.41, 5.74) is 6.93. The molecule has 0 spiro atoms. The average molecular weight is 274 g/mol. The summed E-state index contributed by atoms with van der Waals surface area (Å²) in [5.74, 6) is 0. The first-order chi connectivity index (χ1) is 10.2. The van der Waals surface area contributed by atoms with Crippen LogP contribution in [-0.2, 0) is 12.8 Å². The van der Waals surface area contributed by atoms with Crippen molar-refractivity contribution in [3.63, 3.8) is 0 Å². The molecule has 0 aliphatic carbocycles. The summed E-state index contributed by atoms with van der Waals surface area (Å²) in [7, 11) is 0. The second-order valence-electron chi connectivity index (χ2n) is 6.00. The Bertz CT molecular complexity index is 761. The van der Waals surface area contributed by atoms with Gasteiger partial charge in [0.1, 0.15) is 0 Å². The molecule has 0 atom stereocenters. The van der Waals surface area contributed by atoms with Gasteiger partial charge in [-0.15, -0.1) is 0 Å². The molecule has 0 aromatic heterocycles. The van der Waals surface area contributed by atoms with Gasteiger partial charge in [0.2, 0.25) is 0 Å². The molecule has 0 heteroatoms. The second-order valence-corrected chi connectivity index (χ2v) is 6.00. The van der Waals surface area contributed by atoms with Crippen LogP contribution in [0.4, 0.5) is 0 Å². The van der Waals surface area contributed by atoms with Crippen LogP contribution in [0.3, 0.4) is 0 Å². The van der Waals surface area contributed by atoms with Gasteiger partial charge in [-0.3, -0.25) is 0 Å². The normalized spacial score (nSPS) is 11.0. The number of fused-ring (bicyclic) bond motifs is 1. The fraction of sp³-hybridized carbons (Fsp3) is 0.238. The van der Waals surface area contributed by atoms with E-state index in [2.05, 4.69) is 75.4 Å². The maximum atomic E-state index is 2.35. The van der Waals surface area contributed by atoms with Crippen molar-refractivity contribution in [2.24, 2.45) is 0 Å². The molecule has 0 aliphatic rings. The largest absolute Gasteiger partial charge is 0.0613 e. The molecule has 0 aliphatic heterocycles. The Morgan fingerprint density at radius 1 is 0.762 bits per heavy atom. The van der Waals surface area contributed by atoms with E-state index in [4.69, 9.17) is 0 Å². The van der Waals surface area contributed by atoms with E-state index in [-0.39, 0.29) is 0 Å². The van der Waals surface area contributed by atoms with Gasteiger partial charge in [0.05, 0.1) is 0 Å². The summed E-state index contributed by atoms with van der Waals surface area (Å²) < 4.78 is 0. The molecular weight excluding hydrogens is 252 g/mol. The first-order valence-electron chi connectivity index (χ1n) is 7.73. The molecule has 0 heterocycles. The predicted octanol–water partition coefficient (Wildman–Crippen LogP) is 5.61. The van der Waals surface area contributed by atoms with Crippen molar-refractivity contribution in [1.29, 1.82) is 0 Å². The molecule has 0 unspecified atom stereocenters. The Labute approximate surface area is 127 Å². The smallest absolute Gasteiger partial charge is 0.00194 e. The summed E-state index contributed by atoms with van der Waals surface area (Å²) >= 11 is 0. The van der Waals surface area contributed by atoms with E-state index in [1.807, 2.05) is 0 Å². The van der Waals surface area contributed by atoms with Gasteiger partial charge in [0.15, 0.2) is 0 Å². The molecule has 3 aromatic carbocycles. The summed E-state index contributed by atoms with van der Waals surface area (Å²) in [4.78, 5) is 0. The SMILES string of the molecule is CCc1ccc2cccc(Cc3cc(C)cc(C)c3)c2c1. The molecule has 0 amide bonds. The summed E-state index contributed by atoms with van der Waals surface area (Å²) in [6.07, 6.45) is 2.10. The van der Waals surface area contributed by atoms with Gasteiger partial charge in [-0.2, -0.15) is 0 Å². The zero-order chi connectivity index (χ0) is 14.8. The van der Waals surface area contributed by atoms with Gasteiger partial charge in [0, 0.05) is 0 Å². The van der Waals surface area contributed by atoms with E-state index in [0.717, 1.165) is 12.8 Å². The van der Waals surface area contributed by atoms with Crippen molar-refractivity contribution in [2.45, 2.75) is 33.6 Å². The standard InChI is InChI=1S/C21H22/c1-4-17-8-9-19-6-5-7-20(21(19)14-17)13-18-11-15(2)10-16(3)12-18/h5-12,14H,4,13H2,1-3H3. The molecule has 0 N–H and O–H groups in total. The van der Waals surface area contributed by atoms with Crippen molar-refractivity contribution in [2.75, 3.05) is 0 Å². The molecule has 3 rings (SSSR count). The van der Waals surface area contributed by atoms with Crippen LogP contribution in [0.15, 0.2) is 54.6 Å². The zero-order valence-electron chi connectivity index (χ0n) is 13.1. The maximum absolute atomic E-state index is 2.35. The Morgan fingerprint density at radius 2 is 1.52 bits per heavy atom. The lowest BCUT2D eigenvalue weighted by Gasteiger charge is -2.10. The van der Waals surface area contributed by atoms with E-state index in [1.54, 1.807) is 0 Å². The summed E-state index contributed by atoms with van der Waals surface area (Å²) in [5, 5.41) is 2.74. The van der Waals surface area contributed by atoms with Crippen LogP contribution in [0.5, 0.6) is 0 Å². The third kappa shape index (κ3) is 3.00. The number of rotatable bonds is 3. The number of hydrogen-bond donors (Lipinski definition) is 0. The molecule has 0 saturated carbocycles. The number of benzene rings is 3. The third-order valence-corrected chi connectivity index (χ3v) is 4.12. The van der Waals surface area contributed by atoms with Crippen molar-refractivity contribution in [3.05, 3.63) is 82.4 Å². The van der Waals surface area contributed by atoms with Crippen LogP contribution in [-0.4, -0.2) is 0 Å². The summed E-state index contributed by atoms with van der Waals surface area (Å²) in [6.45, 7) is 6.57. The third-order valence-electron chi connectivity index (χ3n) is 4.12. The molecule has 106 valence electrons. The zero-order valence-corrected chi connectivity index (χ0v) is 13.1. The lowest BCUT2D eigenvalue weighted by Crippen LogP contribution is -1.93. The first-order valence-corrected chi connectivity index (χ1v) is 7.73. The van der Waals surface area contributed by atoms with E-state index in [9.17, 15) is 0 Å². The Kier molecular flexibility index (Phi) is 3.79.